The van der Waals surface area contributed by atoms with E-state index in [0.717, 1.165) is 0 Å². The number of benzene rings is 4. The fourth-order valence-electron chi connectivity index (χ4n) is 3.19. The van der Waals surface area contributed by atoms with Gasteiger partial charge in [0.1, 0.15) is 11.5 Å². The predicted molar refractivity (Wildman–Crippen MR) is 120 cm³/mol. The van der Waals surface area contributed by atoms with Crippen LogP contribution < -0.4 is 9.47 Å². The van der Waals surface area contributed by atoms with Gasteiger partial charge >= 0.3 is 11.9 Å². The second kappa shape index (κ2) is 9.17. The summed E-state index contributed by atoms with van der Waals surface area (Å²) in [4.78, 5) is 45.5. The fourth-order valence-corrected chi connectivity index (χ4v) is 3.19. The molecule has 0 N–H and O–H groups in total. The number of rotatable bonds is 6. The summed E-state index contributed by atoms with van der Waals surface area (Å²) in [5.74, 6) is -1.02. The van der Waals surface area contributed by atoms with Crippen molar-refractivity contribution in [2.45, 2.75) is 0 Å². The first-order valence-electron chi connectivity index (χ1n) is 9.78. The molecule has 0 bridgehead atoms. The number of nitro benzene ring substituents is 2. The molecular formula is C24H14N2O8. The first-order chi connectivity index (χ1) is 16.3. The van der Waals surface area contributed by atoms with Crippen molar-refractivity contribution in [1.29, 1.82) is 0 Å². The summed E-state index contributed by atoms with van der Waals surface area (Å²) in [6, 6.07) is 19.7. The maximum Gasteiger partial charge on any atom is 0.343 e. The van der Waals surface area contributed by atoms with Crippen LogP contribution in [0.4, 0.5) is 11.4 Å². The maximum absolute atomic E-state index is 12.5. The summed E-state index contributed by atoms with van der Waals surface area (Å²) in [7, 11) is 0. The van der Waals surface area contributed by atoms with E-state index in [-0.39, 0.29) is 34.0 Å². The highest BCUT2D eigenvalue weighted by molar-refractivity contribution is 5.99. The molecule has 4 rings (SSSR count). The van der Waals surface area contributed by atoms with Crippen LogP contribution in [0, 0.1) is 20.2 Å². The van der Waals surface area contributed by atoms with Crippen LogP contribution >= 0.6 is 0 Å². The van der Waals surface area contributed by atoms with Crippen molar-refractivity contribution in [2.24, 2.45) is 0 Å². The van der Waals surface area contributed by atoms with Crippen molar-refractivity contribution in [2.75, 3.05) is 0 Å². The number of ether oxygens (including phenoxy) is 2. The smallest absolute Gasteiger partial charge is 0.343 e. The van der Waals surface area contributed by atoms with E-state index in [1.54, 1.807) is 36.4 Å². The minimum absolute atomic E-state index is 0.128. The summed E-state index contributed by atoms with van der Waals surface area (Å²) >= 11 is 0. The molecule has 10 heteroatoms. The number of fused-ring (bicyclic) bond motifs is 1. The Balaban J connectivity index is 1.58. The molecule has 4 aromatic rings. The monoisotopic (exact) mass is 458 g/mol. The predicted octanol–water partition coefficient (Wildman–Crippen LogP) is 5.09. The lowest BCUT2D eigenvalue weighted by Crippen LogP contribution is -2.10. The standard InChI is InChI=1S/C24H14N2O8/c27-23(15-7-11-17(12-8-15)25(29)30)33-21-5-1-3-19-20(21)4-2-6-22(19)34-24(28)16-9-13-18(14-10-16)26(31)32/h1-14H. The lowest BCUT2D eigenvalue weighted by molar-refractivity contribution is -0.385. The Hall–Kier alpha value is -5.12. The van der Waals surface area contributed by atoms with Crippen LogP contribution in [0.3, 0.4) is 0 Å². The molecule has 0 aliphatic heterocycles. The summed E-state index contributed by atoms with van der Waals surface area (Å²) in [5, 5.41) is 22.6. The van der Waals surface area contributed by atoms with Gasteiger partial charge in [0, 0.05) is 35.0 Å². The molecule has 0 saturated heterocycles. The quantitative estimate of drug-likeness (QED) is 0.168. The van der Waals surface area contributed by atoms with Crippen LogP contribution in [0.2, 0.25) is 0 Å². The van der Waals surface area contributed by atoms with Gasteiger partial charge in [0.2, 0.25) is 0 Å². The Morgan fingerprint density at radius 3 is 1.24 bits per heavy atom. The van der Waals surface area contributed by atoms with E-state index in [4.69, 9.17) is 9.47 Å². The normalized spacial score (nSPS) is 10.5. The van der Waals surface area contributed by atoms with Gasteiger partial charge in [-0.2, -0.15) is 0 Å². The number of esters is 2. The molecule has 0 spiro atoms. The van der Waals surface area contributed by atoms with Crippen molar-refractivity contribution >= 4 is 34.1 Å². The van der Waals surface area contributed by atoms with Gasteiger partial charge in [-0.3, -0.25) is 20.2 Å². The van der Waals surface area contributed by atoms with Gasteiger partial charge in [-0.1, -0.05) is 24.3 Å². The third-order valence-corrected chi connectivity index (χ3v) is 4.88. The highest BCUT2D eigenvalue weighted by Crippen LogP contribution is 2.33. The molecule has 4 aromatic carbocycles. The lowest BCUT2D eigenvalue weighted by Gasteiger charge is -2.11. The van der Waals surface area contributed by atoms with E-state index >= 15 is 0 Å². The Morgan fingerprint density at radius 1 is 0.559 bits per heavy atom. The number of nitrogens with zero attached hydrogens (tertiary/aromatic N) is 2. The Morgan fingerprint density at radius 2 is 0.912 bits per heavy atom. The molecule has 0 saturated carbocycles. The Kier molecular flexibility index (Phi) is 5.95. The lowest BCUT2D eigenvalue weighted by atomic mass is 10.1. The van der Waals surface area contributed by atoms with E-state index in [1.165, 1.54) is 48.5 Å². The highest BCUT2D eigenvalue weighted by Gasteiger charge is 2.16. The Bertz CT molecular complexity index is 1320. The van der Waals surface area contributed by atoms with E-state index < -0.39 is 21.8 Å². The molecule has 168 valence electrons. The summed E-state index contributed by atoms with van der Waals surface area (Å²) in [6.07, 6.45) is 0. The highest BCUT2D eigenvalue weighted by atomic mass is 16.6. The van der Waals surface area contributed by atoms with Crippen molar-refractivity contribution in [1.82, 2.24) is 0 Å². The third kappa shape index (κ3) is 4.55. The zero-order valence-electron chi connectivity index (χ0n) is 17.2. The first kappa shape index (κ1) is 22.1. The molecule has 0 amide bonds. The van der Waals surface area contributed by atoms with Crippen LogP contribution in [-0.2, 0) is 0 Å². The van der Waals surface area contributed by atoms with Gasteiger partial charge in [0.05, 0.1) is 21.0 Å². The van der Waals surface area contributed by atoms with E-state index in [2.05, 4.69) is 0 Å². The van der Waals surface area contributed by atoms with Crippen molar-refractivity contribution < 1.29 is 28.9 Å². The summed E-state index contributed by atoms with van der Waals surface area (Å²) in [6.45, 7) is 0. The molecule has 0 unspecified atom stereocenters. The van der Waals surface area contributed by atoms with Gasteiger partial charge in [0.15, 0.2) is 0 Å². The van der Waals surface area contributed by atoms with Crippen LogP contribution in [0.15, 0.2) is 84.9 Å². The Labute approximate surface area is 191 Å². The van der Waals surface area contributed by atoms with E-state index in [1.807, 2.05) is 0 Å². The second-order valence-electron chi connectivity index (χ2n) is 6.99. The zero-order valence-corrected chi connectivity index (χ0v) is 17.2. The molecular weight excluding hydrogens is 444 g/mol. The summed E-state index contributed by atoms with van der Waals surface area (Å²) in [5.41, 5.74) is -0.0471. The number of carbonyl (C=O) groups is 2. The number of hydrogen-bond acceptors (Lipinski definition) is 8. The van der Waals surface area contributed by atoms with Gasteiger partial charge < -0.3 is 9.47 Å². The number of carbonyl (C=O) groups excluding carboxylic acids is 2. The first-order valence-corrected chi connectivity index (χ1v) is 9.78. The molecule has 10 nitrogen and oxygen atoms in total. The van der Waals surface area contributed by atoms with Crippen molar-refractivity contribution in [3.05, 3.63) is 116 Å². The molecule has 0 aliphatic rings. The van der Waals surface area contributed by atoms with Gasteiger partial charge in [-0.05, 0) is 36.4 Å². The van der Waals surface area contributed by atoms with E-state index in [0.29, 0.717) is 10.8 Å². The fraction of sp³-hybridized carbons (Fsp3) is 0. The van der Waals surface area contributed by atoms with Gasteiger partial charge in [-0.15, -0.1) is 0 Å². The van der Waals surface area contributed by atoms with Crippen LogP contribution in [-0.4, -0.2) is 21.8 Å². The van der Waals surface area contributed by atoms with Crippen LogP contribution in [0.5, 0.6) is 11.5 Å². The maximum atomic E-state index is 12.5. The topological polar surface area (TPSA) is 139 Å². The van der Waals surface area contributed by atoms with Crippen molar-refractivity contribution in [3.63, 3.8) is 0 Å². The minimum atomic E-state index is -0.712. The largest absolute Gasteiger partial charge is 0.422 e. The van der Waals surface area contributed by atoms with Gasteiger partial charge in [0.25, 0.3) is 11.4 Å². The molecule has 0 fully saturated rings. The second-order valence-corrected chi connectivity index (χ2v) is 6.99. The zero-order chi connectivity index (χ0) is 24.2. The average Bonchev–Trinajstić information content (AvgIpc) is 2.84. The number of nitro groups is 2. The average molecular weight is 458 g/mol. The number of non-ortho nitro benzene ring substituents is 2. The third-order valence-electron chi connectivity index (χ3n) is 4.88. The van der Waals surface area contributed by atoms with Gasteiger partial charge in [-0.25, -0.2) is 9.59 Å². The van der Waals surface area contributed by atoms with E-state index in [9.17, 15) is 29.8 Å². The SMILES string of the molecule is O=C(Oc1cccc2c(OC(=O)c3ccc([N+](=O)[O-])cc3)cccc12)c1ccc([N+](=O)[O-])cc1. The molecule has 0 heterocycles. The van der Waals surface area contributed by atoms with Crippen molar-refractivity contribution in [3.8, 4) is 11.5 Å². The van der Waals surface area contributed by atoms with Crippen LogP contribution in [0.25, 0.3) is 10.8 Å². The summed E-state index contributed by atoms with van der Waals surface area (Å²) < 4.78 is 11.0. The molecule has 0 radical (unpaired) electrons. The van der Waals surface area contributed by atoms with Crippen LogP contribution in [0.1, 0.15) is 20.7 Å². The molecule has 0 aliphatic carbocycles. The number of hydrogen-bond donors (Lipinski definition) is 0. The molecule has 34 heavy (non-hydrogen) atoms. The minimum Gasteiger partial charge on any atom is -0.422 e. The molecule has 0 atom stereocenters. The molecule has 0 aromatic heterocycles.